The molecule has 0 aromatic heterocycles. The van der Waals surface area contributed by atoms with Crippen LogP contribution in [-0.2, 0) is 0 Å². The van der Waals surface area contributed by atoms with E-state index in [0.29, 0.717) is 0 Å². The minimum atomic E-state index is 0.916. The lowest BCUT2D eigenvalue weighted by molar-refractivity contribution is 0.248. The molecule has 0 bridgehead atoms. The summed E-state index contributed by atoms with van der Waals surface area (Å²) in [6, 6.07) is 0.916. The molecule has 0 atom stereocenters. The van der Waals surface area contributed by atoms with Crippen LogP contribution < -0.4 is 0 Å². The van der Waals surface area contributed by atoms with Gasteiger partial charge in [0, 0.05) is 19.1 Å². The Morgan fingerprint density at radius 2 is 1.77 bits per heavy atom. The molecule has 13 heavy (non-hydrogen) atoms. The second-order valence-corrected chi connectivity index (χ2v) is 4.37. The summed E-state index contributed by atoms with van der Waals surface area (Å²) in [6.07, 6.45) is 5.50. The second-order valence-electron chi connectivity index (χ2n) is 4.37. The van der Waals surface area contributed by atoms with Gasteiger partial charge < -0.3 is 9.80 Å². The summed E-state index contributed by atoms with van der Waals surface area (Å²) in [5.41, 5.74) is 0. The van der Waals surface area contributed by atoms with Crippen LogP contribution >= 0.6 is 0 Å². The van der Waals surface area contributed by atoms with Crippen molar-refractivity contribution in [1.29, 1.82) is 0 Å². The minimum Gasteiger partial charge on any atom is -0.305 e. The molecule has 1 fully saturated rings. The first-order chi connectivity index (χ1) is 6.24. The molecule has 1 saturated carbocycles. The Morgan fingerprint density at radius 3 is 2.31 bits per heavy atom. The fraction of sp³-hybridized carbons (Fsp3) is 1.00. The molecule has 0 N–H and O–H groups in total. The molecular weight excluding hydrogens is 160 g/mol. The molecule has 0 aromatic carbocycles. The molecule has 0 amide bonds. The van der Waals surface area contributed by atoms with Crippen molar-refractivity contribution in [1.82, 2.24) is 9.80 Å². The average molecular weight is 184 g/mol. The van der Waals surface area contributed by atoms with Crippen molar-refractivity contribution in [2.45, 2.75) is 38.6 Å². The van der Waals surface area contributed by atoms with Gasteiger partial charge in [-0.25, -0.2) is 0 Å². The van der Waals surface area contributed by atoms with Crippen LogP contribution in [0.5, 0.6) is 0 Å². The highest BCUT2D eigenvalue weighted by Gasteiger charge is 2.25. The molecule has 0 radical (unpaired) electrons. The van der Waals surface area contributed by atoms with Gasteiger partial charge in [0.15, 0.2) is 0 Å². The van der Waals surface area contributed by atoms with Crippen LogP contribution in [0.4, 0.5) is 0 Å². The number of likely N-dealkylation sites (N-methyl/N-ethyl adjacent to an activating group) is 2. The molecule has 1 rings (SSSR count). The van der Waals surface area contributed by atoms with Crippen molar-refractivity contribution < 1.29 is 0 Å². The van der Waals surface area contributed by atoms with Crippen LogP contribution in [0.15, 0.2) is 0 Å². The maximum atomic E-state index is 2.50. The lowest BCUT2D eigenvalue weighted by atomic mass is 10.3. The van der Waals surface area contributed by atoms with E-state index in [1.54, 1.807) is 0 Å². The smallest absolute Gasteiger partial charge is 0.0109 e. The van der Waals surface area contributed by atoms with E-state index in [4.69, 9.17) is 0 Å². The van der Waals surface area contributed by atoms with Crippen LogP contribution in [0.3, 0.4) is 0 Å². The molecule has 2 heteroatoms. The molecule has 0 spiro atoms. The number of hydrogen-bond acceptors (Lipinski definition) is 2. The van der Waals surface area contributed by atoms with Crippen LogP contribution in [0, 0.1) is 0 Å². The molecule has 0 aliphatic heterocycles. The van der Waals surface area contributed by atoms with Crippen LogP contribution in [0.1, 0.15) is 32.6 Å². The Labute approximate surface area is 82.9 Å². The zero-order valence-electron chi connectivity index (χ0n) is 9.42. The summed E-state index contributed by atoms with van der Waals surface area (Å²) in [5, 5.41) is 0. The van der Waals surface area contributed by atoms with Crippen molar-refractivity contribution >= 4 is 0 Å². The standard InChI is InChI=1S/C11H24N2/c1-4-5-8-12(2)9-10-13(3)11-6-7-11/h11H,4-10H2,1-3H3. The highest BCUT2D eigenvalue weighted by molar-refractivity contribution is 4.82. The molecule has 2 nitrogen and oxygen atoms in total. The monoisotopic (exact) mass is 184 g/mol. The van der Waals surface area contributed by atoms with E-state index < -0.39 is 0 Å². The van der Waals surface area contributed by atoms with E-state index in [2.05, 4.69) is 30.8 Å². The first-order valence-electron chi connectivity index (χ1n) is 5.62. The molecule has 0 unspecified atom stereocenters. The summed E-state index contributed by atoms with van der Waals surface area (Å²) < 4.78 is 0. The number of rotatable bonds is 7. The molecule has 0 aromatic rings. The van der Waals surface area contributed by atoms with Crippen molar-refractivity contribution in [3.8, 4) is 0 Å². The third-order valence-electron chi connectivity index (χ3n) is 2.90. The van der Waals surface area contributed by atoms with Gasteiger partial charge in [0.2, 0.25) is 0 Å². The lowest BCUT2D eigenvalue weighted by Gasteiger charge is -2.21. The summed E-state index contributed by atoms with van der Waals surface area (Å²) in [7, 11) is 4.49. The molecule has 0 heterocycles. The number of unbranched alkanes of at least 4 members (excludes halogenated alkanes) is 1. The highest BCUT2D eigenvalue weighted by atomic mass is 15.2. The third-order valence-corrected chi connectivity index (χ3v) is 2.90. The van der Waals surface area contributed by atoms with Gasteiger partial charge >= 0.3 is 0 Å². The molecule has 0 saturated heterocycles. The number of hydrogen-bond donors (Lipinski definition) is 0. The van der Waals surface area contributed by atoms with E-state index in [9.17, 15) is 0 Å². The fourth-order valence-corrected chi connectivity index (χ4v) is 1.57. The van der Waals surface area contributed by atoms with Crippen molar-refractivity contribution in [2.24, 2.45) is 0 Å². The van der Waals surface area contributed by atoms with E-state index in [1.165, 1.54) is 45.3 Å². The predicted molar refractivity (Wildman–Crippen MR) is 58.1 cm³/mol. The highest BCUT2D eigenvalue weighted by Crippen LogP contribution is 2.24. The Hall–Kier alpha value is -0.0800. The SMILES string of the molecule is CCCCN(C)CCN(C)C1CC1. The van der Waals surface area contributed by atoms with Gasteiger partial charge in [0.05, 0.1) is 0 Å². The minimum absolute atomic E-state index is 0.916. The number of nitrogens with zero attached hydrogens (tertiary/aromatic N) is 2. The molecule has 78 valence electrons. The van der Waals surface area contributed by atoms with Crippen LogP contribution in [0.2, 0.25) is 0 Å². The van der Waals surface area contributed by atoms with E-state index in [0.717, 1.165) is 6.04 Å². The summed E-state index contributed by atoms with van der Waals surface area (Å²) in [5.74, 6) is 0. The Bertz CT molecular complexity index is 132. The fourth-order valence-electron chi connectivity index (χ4n) is 1.57. The maximum absolute atomic E-state index is 2.50. The molecule has 1 aliphatic carbocycles. The zero-order valence-corrected chi connectivity index (χ0v) is 9.42. The Balaban J connectivity index is 1.96. The van der Waals surface area contributed by atoms with Gasteiger partial charge in [0.25, 0.3) is 0 Å². The Kier molecular flexibility index (Phi) is 4.74. The zero-order chi connectivity index (χ0) is 9.68. The maximum Gasteiger partial charge on any atom is 0.0109 e. The van der Waals surface area contributed by atoms with Crippen molar-refractivity contribution in [3.63, 3.8) is 0 Å². The van der Waals surface area contributed by atoms with Crippen LogP contribution in [0.25, 0.3) is 0 Å². The summed E-state index contributed by atoms with van der Waals surface area (Å²) in [6.45, 7) is 5.98. The second kappa shape index (κ2) is 5.61. The largest absolute Gasteiger partial charge is 0.305 e. The van der Waals surface area contributed by atoms with Gasteiger partial charge in [-0.2, -0.15) is 0 Å². The van der Waals surface area contributed by atoms with Crippen LogP contribution in [-0.4, -0.2) is 49.6 Å². The van der Waals surface area contributed by atoms with Gasteiger partial charge in [-0.1, -0.05) is 13.3 Å². The summed E-state index contributed by atoms with van der Waals surface area (Å²) in [4.78, 5) is 4.95. The lowest BCUT2D eigenvalue weighted by Crippen LogP contribution is -2.32. The van der Waals surface area contributed by atoms with Gasteiger partial charge in [-0.05, 0) is 39.9 Å². The normalized spacial score (nSPS) is 17.3. The van der Waals surface area contributed by atoms with E-state index >= 15 is 0 Å². The van der Waals surface area contributed by atoms with Gasteiger partial charge in [-0.15, -0.1) is 0 Å². The summed E-state index contributed by atoms with van der Waals surface area (Å²) >= 11 is 0. The topological polar surface area (TPSA) is 6.48 Å². The Morgan fingerprint density at radius 1 is 1.08 bits per heavy atom. The average Bonchev–Trinajstić information content (AvgIpc) is 2.93. The first-order valence-corrected chi connectivity index (χ1v) is 5.62. The molecule has 1 aliphatic rings. The molecular formula is C11H24N2. The van der Waals surface area contributed by atoms with Gasteiger partial charge in [-0.3, -0.25) is 0 Å². The van der Waals surface area contributed by atoms with Crippen molar-refractivity contribution in [2.75, 3.05) is 33.7 Å². The quantitative estimate of drug-likeness (QED) is 0.595. The first kappa shape index (κ1) is 11.0. The van der Waals surface area contributed by atoms with E-state index in [1.807, 2.05) is 0 Å². The third kappa shape index (κ3) is 4.63. The van der Waals surface area contributed by atoms with Crippen molar-refractivity contribution in [3.05, 3.63) is 0 Å². The van der Waals surface area contributed by atoms with E-state index in [-0.39, 0.29) is 0 Å². The predicted octanol–water partition coefficient (Wildman–Crippen LogP) is 1.81. The van der Waals surface area contributed by atoms with Gasteiger partial charge in [0.1, 0.15) is 0 Å².